The molecule has 0 bridgehead atoms. The fraction of sp³-hybridized carbons (Fsp3) is 0.200. The first-order valence-electron chi connectivity index (χ1n) is 4.83. The van der Waals surface area contributed by atoms with Crippen molar-refractivity contribution in [2.24, 2.45) is 0 Å². The second-order valence-electron chi connectivity index (χ2n) is 3.29. The molecule has 0 saturated heterocycles. The Bertz CT molecular complexity index is 523. The number of hydrogen-bond acceptors (Lipinski definition) is 5. The molecule has 0 unspecified atom stereocenters. The van der Waals surface area contributed by atoms with E-state index in [1.807, 2.05) is 0 Å². The van der Waals surface area contributed by atoms with Crippen LogP contribution in [0.3, 0.4) is 0 Å². The molecule has 0 aromatic heterocycles. The normalized spacial score (nSPS) is 10.6. The second-order valence-corrected chi connectivity index (χ2v) is 3.29. The number of nitrogens with zero attached hydrogens (tertiary/aromatic N) is 2. The average molecular weight is 220 g/mol. The number of aromatic nitrogens is 2. The van der Waals surface area contributed by atoms with Gasteiger partial charge in [-0.3, -0.25) is 5.41 Å². The van der Waals surface area contributed by atoms with Crippen LogP contribution in [0.2, 0.25) is 0 Å². The molecule has 2 aliphatic rings. The third kappa shape index (κ3) is 1.82. The van der Waals surface area contributed by atoms with Crippen LogP contribution in [0, 0.1) is 5.41 Å². The molecule has 1 aliphatic heterocycles. The van der Waals surface area contributed by atoms with Crippen LogP contribution in [0.25, 0.3) is 11.4 Å². The fourth-order valence-corrected chi connectivity index (χ4v) is 1.44. The Balaban J connectivity index is 2.52. The third-order valence-electron chi connectivity index (χ3n) is 2.16. The highest BCUT2D eigenvalue weighted by Crippen LogP contribution is 2.16. The highest BCUT2D eigenvalue weighted by molar-refractivity contribution is 5.58. The zero-order valence-electron chi connectivity index (χ0n) is 8.51. The topological polar surface area (TPSA) is 94.2 Å². The summed E-state index contributed by atoms with van der Waals surface area (Å²) < 4.78 is 0.917. The summed E-state index contributed by atoms with van der Waals surface area (Å²) in [4.78, 5) is 4.18. The highest BCUT2D eigenvalue weighted by Gasteiger charge is 2.10. The van der Waals surface area contributed by atoms with Gasteiger partial charge in [0.15, 0.2) is 0 Å². The van der Waals surface area contributed by atoms with E-state index in [9.17, 15) is 5.21 Å². The first kappa shape index (κ1) is 10.4. The smallest absolute Gasteiger partial charge is 0.146 e. The molecule has 1 aliphatic carbocycles. The van der Waals surface area contributed by atoms with E-state index < -0.39 is 0 Å². The van der Waals surface area contributed by atoms with E-state index >= 15 is 0 Å². The Kier molecular flexibility index (Phi) is 2.74. The monoisotopic (exact) mass is 220 g/mol. The summed E-state index contributed by atoms with van der Waals surface area (Å²) in [6.45, 7) is 0.326. The van der Waals surface area contributed by atoms with Crippen LogP contribution in [0.4, 0.5) is 5.82 Å². The molecule has 6 heteroatoms. The number of aliphatic hydroxyl groups excluding tert-OH is 1. The van der Waals surface area contributed by atoms with E-state index in [2.05, 4.69) is 10.3 Å². The minimum Gasteiger partial charge on any atom is -0.428 e. The number of anilines is 1. The molecule has 0 spiro atoms. The number of aliphatic hydroxyl groups is 1. The molecular weight excluding hydrogens is 208 g/mol. The van der Waals surface area contributed by atoms with Crippen molar-refractivity contribution in [2.45, 2.75) is 0 Å². The Morgan fingerprint density at radius 2 is 2.25 bits per heavy atom. The van der Waals surface area contributed by atoms with E-state index in [0.717, 1.165) is 4.73 Å². The molecule has 0 amide bonds. The van der Waals surface area contributed by atoms with Gasteiger partial charge in [0.2, 0.25) is 0 Å². The molecule has 0 atom stereocenters. The van der Waals surface area contributed by atoms with Crippen molar-refractivity contribution in [1.82, 2.24) is 9.71 Å². The minimum atomic E-state index is -0.0202. The lowest BCUT2D eigenvalue weighted by Gasteiger charge is -2.12. The van der Waals surface area contributed by atoms with Crippen molar-refractivity contribution in [2.75, 3.05) is 18.5 Å². The van der Waals surface area contributed by atoms with Gasteiger partial charge < -0.3 is 15.6 Å². The van der Waals surface area contributed by atoms with Gasteiger partial charge in [-0.1, -0.05) is 6.07 Å². The molecule has 2 rings (SSSR count). The summed E-state index contributed by atoms with van der Waals surface area (Å²) >= 11 is 0. The van der Waals surface area contributed by atoms with Gasteiger partial charge in [-0.05, 0) is 12.1 Å². The number of nitrogens with one attached hydrogen (secondary N) is 2. The minimum absolute atomic E-state index is 0.0202. The first-order chi connectivity index (χ1) is 7.72. The maximum Gasteiger partial charge on any atom is 0.146 e. The molecule has 0 radical (unpaired) electrons. The maximum absolute atomic E-state index is 9.67. The summed E-state index contributed by atoms with van der Waals surface area (Å²) in [5.74, 6) is 0.420. The quantitative estimate of drug-likeness (QED) is 0.552. The van der Waals surface area contributed by atoms with E-state index in [4.69, 9.17) is 10.5 Å². The van der Waals surface area contributed by atoms with Gasteiger partial charge in [0, 0.05) is 6.54 Å². The Morgan fingerprint density at radius 3 is 3.00 bits per heavy atom. The van der Waals surface area contributed by atoms with Crippen LogP contribution in [-0.2, 0) is 0 Å². The summed E-state index contributed by atoms with van der Waals surface area (Å²) in [6.07, 6.45) is 1.40. The fourth-order valence-electron chi connectivity index (χ4n) is 1.44. The lowest BCUT2D eigenvalue weighted by molar-refractivity contribution is 0.188. The van der Waals surface area contributed by atoms with Crippen molar-refractivity contribution < 1.29 is 10.3 Å². The Labute approximate surface area is 91.6 Å². The van der Waals surface area contributed by atoms with Gasteiger partial charge in [-0.15, -0.1) is 0 Å². The molecule has 0 saturated carbocycles. The Morgan fingerprint density at radius 1 is 1.44 bits per heavy atom. The lowest BCUT2D eigenvalue weighted by Crippen LogP contribution is -2.16. The summed E-state index contributed by atoms with van der Waals surface area (Å²) in [6, 6.07) is 4.96. The van der Waals surface area contributed by atoms with Crippen LogP contribution < -0.4 is 10.7 Å². The van der Waals surface area contributed by atoms with Crippen LogP contribution in [0.1, 0.15) is 0 Å². The molecule has 6 nitrogen and oxygen atoms in total. The van der Waals surface area contributed by atoms with Crippen molar-refractivity contribution >= 4 is 5.82 Å². The molecular formula is C10H12N4O2. The van der Waals surface area contributed by atoms with Crippen LogP contribution in [0.5, 0.6) is 0 Å². The van der Waals surface area contributed by atoms with Crippen molar-refractivity contribution in [3.63, 3.8) is 0 Å². The number of para-hydroxylation sites is 1. The average Bonchev–Trinajstić information content (AvgIpc) is 2.28. The zero-order valence-corrected chi connectivity index (χ0v) is 8.51. The standard InChI is InChI=1S/C10H12N4O2/c11-7-2-1-3-8-10(7)13-9(6-14(8)16)12-4-5-15/h1-3,6,11-12,15-16H,4-5H2. The van der Waals surface area contributed by atoms with E-state index in [0.29, 0.717) is 23.8 Å². The van der Waals surface area contributed by atoms with Crippen molar-refractivity contribution in [3.8, 4) is 11.4 Å². The summed E-state index contributed by atoms with van der Waals surface area (Å²) in [7, 11) is 0. The van der Waals surface area contributed by atoms with Crippen LogP contribution >= 0.6 is 0 Å². The molecule has 1 heterocycles. The molecule has 4 N–H and O–H groups in total. The highest BCUT2D eigenvalue weighted by atomic mass is 16.5. The van der Waals surface area contributed by atoms with Crippen molar-refractivity contribution in [1.29, 1.82) is 5.41 Å². The second kappa shape index (κ2) is 4.19. The van der Waals surface area contributed by atoms with E-state index in [1.54, 1.807) is 18.2 Å². The SMILES string of the molecule is N=c1cccc2n(O)cc(NCCO)nc1-2. The number of fused-ring (bicyclic) bond motifs is 1. The summed E-state index contributed by atoms with van der Waals surface area (Å²) in [5.41, 5.74) is 0.884. The third-order valence-corrected chi connectivity index (χ3v) is 2.16. The van der Waals surface area contributed by atoms with Gasteiger partial charge in [0.25, 0.3) is 0 Å². The Hall–Kier alpha value is -2.08. The van der Waals surface area contributed by atoms with Crippen LogP contribution in [0.15, 0.2) is 24.4 Å². The largest absolute Gasteiger partial charge is 0.428 e. The van der Waals surface area contributed by atoms with E-state index in [1.165, 1.54) is 6.20 Å². The predicted molar refractivity (Wildman–Crippen MR) is 57.5 cm³/mol. The molecule has 0 aromatic rings. The van der Waals surface area contributed by atoms with Gasteiger partial charge in [0.1, 0.15) is 17.2 Å². The maximum atomic E-state index is 9.67. The number of rotatable bonds is 3. The van der Waals surface area contributed by atoms with Gasteiger partial charge in [0.05, 0.1) is 18.2 Å². The van der Waals surface area contributed by atoms with E-state index in [-0.39, 0.29) is 12.0 Å². The zero-order chi connectivity index (χ0) is 11.5. The van der Waals surface area contributed by atoms with Gasteiger partial charge >= 0.3 is 0 Å². The number of benzene rings is 1. The van der Waals surface area contributed by atoms with Crippen LogP contribution in [-0.4, -0.2) is 33.2 Å². The van der Waals surface area contributed by atoms with Crippen molar-refractivity contribution in [3.05, 3.63) is 29.8 Å². The molecule has 84 valence electrons. The molecule has 16 heavy (non-hydrogen) atoms. The number of hydrogen-bond donors (Lipinski definition) is 4. The van der Waals surface area contributed by atoms with Gasteiger partial charge in [-0.25, -0.2) is 4.98 Å². The predicted octanol–water partition coefficient (Wildman–Crippen LogP) is 0.109. The first-order valence-corrected chi connectivity index (χ1v) is 4.83. The lowest BCUT2D eigenvalue weighted by atomic mass is 10.2. The molecule has 0 aromatic carbocycles. The molecule has 0 fully saturated rings. The van der Waals surface area contributed by atoms with Gasteiger partial charge in [-0.2, -0.15) is 4.73 Å². The summed E-state index contributed by atoms with van der Waals surface area (Å²) in [5, 5.41) is 29.1.